The average molecular weight is 439 g/mol. The summed E-state index contributed by atoms with van der Waals surface area (Å²) in [6.45, 7) is 2.07. The first kappa shape index (κ1) is 19.8. The van der Waals surface area contributed by atoms with Crippen LogP contribution in [-0.2, 0) is 0 Å². The van der Waals surface area contributed by atoms with Gasteiger partial charge in [-0.05, 0) is 67.1 Å². The molecule has 156 valence electrons. The largest absolute Gasteiger partial charge is 0.321 e. The van der Waals surface area contributed by atoms with E-state index in [0.717, 1.165) is 20.8 Å². The molecule has 0 fully saturated rings. The molecule has 5 aromatic rings. The first-order valence-corrected chi connectivity index (χ1v) is 10.8. The lowest BCUT2D eigenvalue weighted by molar-refractivity contribution is 0.102. The first-order valence-electron chi connectivity index (χ1n) is 10.0. The molecular formula is C25H18N4O2S. The molecule has 0 saturated heterocycles. The Hall–Kier alpha value is -4.10. The lowest BCUT2D eigenvalue weighted by atomic mass is 10.2. The van der Waals surface area contributed by atoms with E-state index in [9.17, 15) is 9.59 Å². The highest BCUT2D eigenvalue weighted by molar-refractivity contribution is 7.21. The maximum Gasteiger partial charge on any atom is 0.276 e. The number of nitrogens with zero attached hydrogens (tertiary/aromatic N) is 3. The van der Waals surface area contributed by atoms with Crippen molar-refractivity contribution in [3.05, 3.63) is 107 Å². The van der Waals surface area contributed by atoms with Crippen LogP contribution in [-0.4, -0.2) is 20.7 Å². The molecule has 0 spiro atoms. The number of hydrogen-bond donors (Lipinski definition) is 1. The van der Waals surface area contributed by atoms with Gasteiger partial charge in [0.2, 0.25) is 0 Å². The molecule has 0 unspecified atom stereocenters. The van der Waals surface area contributed by atoms with Gasteiger partial charge < -0.3 is 5.32 Å². The molecule has 0 aliphatic heterocycles. The van der Waals surface area contributed by atoms with E-state index in [1.807, 2.05) is 48.5 Å². The summed E-state index contributed by atoms with van der Waals surface area (Å²) in [5.41, 5.74) is 4.25. The molecular weight excluding hydrogens is 420 g/mol. The summed E-state index contributed by atoms with van der Waals surface area (Å²) in [4.78, 5) is 29.6. The van der Waals surface area contributed by atoms with E-state index in [0.29, 0.717) is 11.4 Å². The minimum absolute atomic E-state index is 0.152. The van der Waals surface area contributed by atoms with E-state index in [-0.39, 0.29) is 11.3 Å². The molecule has 0 aliphatic carbocycles. The summed E-state index contributed by atoms with van der Waals surface area (Å²) in [7, 11) is 0. The Kier molecular flexibility index (Phi) is 5.09. The van der Waals surface area contributed by atoms with Crippen LogP contribution >= 0.6 is 11.3 Å². The number of carbonyl (C=O) groups is 1. The van der Waals surface area contributed by atoms with Crippen LogP contribution in [0.15, 0.2) is 89.7 Å². The van der Waals surface area contributed by atoms with Crippen molar-refractivity contribution in [1.29, 1.82) is 0 Å². The van der Waals surface area contributed by atoms with Crippen LogP contribution < -0.4 is 10.9 Å². The highest BCUT2D eigenvalue weighted by Gasteiger charge is 2.12. The number of para-hydroxylation sites is 1. The van der Waals surface area contributed by atoms with Gasteiger partial charge in [-0.15, -0.1) is 11.3 Å². The maximum absolute atomic E-state index is 12.7. The van der Waals surface area contributed by atoms with Crippen molar-refractivity contribution in [1.82, 2.24) is 14.8 Å². The Morgan fingerprint density at radius 1 is 0.938 bits per heavy atom. The molecule has 0 saturated carbocycles. The minimum Gasteiger partial charge on any atom is -0.321 e. The Bertz CT molecular complexity index is 1490. The molecule has 5 rings (SSSR count). The van der Waals surface area contributed by atoms with Crippen molar-refractivity contribution in [3.63, 3.8) is 0 Å². The van der Waals surface area contributed by atoms with Crippen LogP contribution in [0.1, 0.15) is 16.1 Å². The highest BCUT2D eigenvalue weighted by atomic mass is 32.1. The van der Waals surface area contributed by atoms with Crippen molar-refractivity contribution in [2.45, 2.75) is 6.92 Å². The monoisotopic (exact) mass is 438 g/mol. The summed E-state index contributed by atoms with van der Waals surface area (Å²) in [6.07, 6.45) is 0. The Morgan fingerprint density at radius 3 is 2.50 bits per heavy atom. The number of hydrogen-bond acceptors (Lipinski definition) is 5. The number of aryl methyl sites for hydroxylation is 1. The Morgan fingerprint density at radius 2 is 1.72 bits per heavy atom. The van der Waals surface area contributed by atoms with Gasteiger partial charge in [-0.2, -0.15) is 9.78 Å². The van der Waals surface area contributed by atoms with Crippen molar-refractivity contribution >= 4 is 33.1 Å². The van der Waals surface area contributed by atoms with Crippen molar-refractivity contribution in [2.24, 2.45) is 0 Å². The number of aromatic nitrogens is 3. The van der Waals surface area contributed by atoms with Crippen molar-refractivity contribution in [2.75, 3.05) is 5.32 Å². The van der Waals surface area contributed by atoms with E-state index in [1.165, 1.54) is 22.4 Å². The van der Waals surface area contributed by atoms with Crippen molar-refractivity contribution in [3.8, 4) is 16.3 Å². The minimum atomic E-state index is -0.391. The topological polar surface area (TPSA) is 76.9 Å². The van der Waals surface area contributed by atoms with Gasteiger partial charge in [-0.25, -0.2) is 4.98 Å². The quantitative estimate of drug-likeness (QED) is 0.425. The SMILES string of the molecule is Cc1ccc2nc(-c3ccc(NC(=O)c4ccc(=O)n(-c5ccccc5)n4)cc3)sc2c1. The number of anilines is 1. The van der Waals surface area contributed by atoms with Gasteiger partial charge in [0.05, 0.1) is 15.9 Å². The van der Waals surface area contributed by atoms with E-state index in [4.69, 9.17) is 4.98 Å². The van der Waals surface area contributed by atoms with E-state index in [2.05, 4.69) is 29.5 Å². The second-order valence-corrected chi connectivity index (χ2v) is 8.36. The highest BCUT2D eigenvalue weighted by Crippen LogP contribution is 2.31. The fourth-order valence-corrected chi connectivity index (χ4v) is 4.40. The molecule has 3 aromatic carbocycles. The molecule has 6 nitrogen and oxygen atoms in total. The zero-order valence-corrected chi connectivity index (χ0v) is 18.0. The smallest absolute Gasteiger partial charge is 0.276 e. The summed E-state index contributed by atoms with van der Waals surface area (Å²) in [5.74, 6) is -0.391. The molecule has 32 heavy (non-hydrogen) atoms. The number of nitrogens with one attached hydrogen (secondary N) is 1. The number of thiazole rings is 1. The number of amides is 1. The lowest BCUT2D eigenvalue weighted by Gasteiger charge is -2.08. The maximum atomic E-state index is 12.7. The van der Waals surface area contributed by atoms with Gasteiger partial charge in [0.1, 0.15) is 10.7 Å². The zero-order valence-electron chi connectivity index (χ0n) is 17.1. The molecule has 1 amide bonds. The van der Waals surface area contributed by atoms with Gasteiger partial charge in [0.15, 0.2) is 0 Å². The van der Waals surface area contributed by atoms with E-state index < -0.39 is 5.91 Å². The normalized spacial score (nSPS) is 10.9. The summed E-state index contributed by atoms with van der Waals surface area (Å²) in [5, 5.41) is 7.98. The van der Waals surface area contributed by atoms with Crippen LogP contribution in [0, 0.1) is 6.92 Å². The van der Waals surface area contributed by atoms with Gasteiger partial charge >= 0.3 is 0 Å². The third-order valence-electron chi connectivity index (χ3n) is 4.97. The third-order valence-corrected chi connectivity index (χ3v) is 6.03. The van der Waals surface area contributed by atoms with E-state index in [1.54, 1.807) is 23.5 Å². The predicted molar refractivity (Wildman–Crippen MR) is 128 cm³/mol. The standard InChI is InChI=1S/C25H18N4O2S/c1-16-7-12-20-22(15-16)32-25(27-20)17-8-10-18(11-9-17)26-24(31)21-13-14-23(30)29(28-21)19-5-3-2-4-6-19/h2-15H,1H3,(H,26,31). The average Bonchev–Trinajstić information content (AvgIpc) is 3.23. The molecule has 1 N–H and O–H groups in total. The molecule has 2 aromatic heterocycles. The fraction of sp³-hybridized carbons (Fsp3) is 0.0400. The third kappa shape index (κ3) is 3.93. The zero-order chi connectivity index (χ0) is 22.1. The summed E-state index contributed by atoms with van der Waals surface area (Å²) in [6, 6.07) is 25.5. The van der Waals surface area contributed by atoms with Crippen LogP contribution in [0.4, 0.5) is 5.69 Å². The summed E-state index contributed by atoms with van der Waals surface area (Å²) >= 11 is 1.64. The van der Waals surface area contributed by atoms with E-state index >= 15 is 0 Å². The Balaban J connectivity index is 1.36. The number of rotatable bonds is 4. The number of benzene rings is 3. The summed E-state index contributed by atoms with van der Waals surface area (Å²) < 4.78 is 2.37. The molecule has 7 heteroatoms. The second-order valence-electron chi connectivity index (χ2n) is 7.33. The van der Waals surface area contributed by atoms with Crippen molar-refractivity contribution < 1.29 is 4.79 Å². The number of carbonyl (C=O) groups excluding carboxylic acids is 1. The second kappa shape index (κ2) is 8.20. The molecule has 0 bridgehead atoms. The van der Waals surface area contributed by atoms with Crippen LogP contribution in [0.25, 0.3) is 26.5 Å². The van der Waals surface area contributed by atoms with Gasteiger partial charge in [0.25, 0.3) is 11.5 Å². The molecule has 0 radical (unpaired) electrons. The van der Waals surface area contributed by atoms with Gasteiger partial charge in [-0.3, -0.25) is 9.59 Å². The number of fused-ring (bicyclic) bond motifs is 1. The lowest BCUT2D eigenvalue weighted by Crippen LogP contribution is -2.24. The van der Waals surface area contributed by atoms with Crippen LogP contribution in [0.2, 0.25) is 0 Å². The van der Waals surface area contributed by atoms with Gasteiger partial charge in [0, 0.05) is 17.3 Å². The van der Waals surface area contributed by atoms with Crippen LogP contribution in [0.3, 0.4) is 0 Å². The Labute approximate surface area is 187 Å². The molecule has 0 atom stereocenters. The molecule has 2 heterocycles. The molecule has 0 aliphatic rings. The van der Waals surface area contributed by atoms with Gasteiger partial charge in [-0.1, -0.05) is 24.3 Å². The predicted octanol–water partition coefficient (Wildman–Crippen LogP) is 5.07. The first-order chi connectivity index (χ1) is 15.6. The fourth-order valence-electron chi connectivity index (χ4n) is 3.33. The van der Waals surface area contributed by atoms with Crippen LogP contribution in [0.5, 0.6) is 0 Å².